The smallest absolute Gasteiger partial charge is 0.419 e. The predicted molar refractivity (Wildman–Crippen MR) is 100 cm³/mol. The first-order valence-electron chi connectivity index (χ1n) is 9.20. The van der Waals surface area contributed by atoms with E-state index in [4.69, 9.17) is 4.74 Å². The minimum Gasteiger partial charge on any atom is -0.461 e. The molecule has 3 aromatic rings. The summed E-state index contributed by atoms with van der Waals surface area (Å²) in [6, 6.07) is 2.91. The zero-order chi connectivity index (χ0) is 22.6. The number of rotatable bonds is 7. The summed E-state index contributed by atoms with van der Waals surface area (Å²) in [6.07, 6.45) is -0.503. The van der Waals surface area contributed by atoms with E-state index in [1.54, 1.807) is 13.8 Å². The van der Waals surface area contributed by atoms with E-state index in [-0.39, 0.29) is 23.9 Å². The minimum absolute atomic E-state index is 0.0680. The normalized spacial score (nSPS) is 12.5. The van der Waals surface area contributed by atoms with Gasteiger partial charge in [-0.25, -0.2) is 14.4 Å². The first-order valence-corrected chi connectivity index (χ1v) is 9.20. The van der Waals surface area contributed by atoms with Crippen LogP contribution in [-0.2, 0) is 6.18 Å². The second-order valence-electron chi connectivity index (χ2n) is 6.48. The Morgan fingerprint density at radius 1 is 1.19 bits per heavy atom. The third-order valence-corrected chi connectivity index (χ3v) is 4.37. The fourth-order valence-electron chi connectivity index (χ4n) is 2.82. The molecule has 0 spiro atoms. The van der Waals surface area contributed by atoms with Crippen LogP contribution in [0.4, 0.5) is 17.6 Å². The quantitative estimate of drug-likeness (QED) is 0.527. The summed E-state index contributed by atoms with van der Waals surface area (Å²) in [5.74, 6) is -0.970. The van der Waals surface area contributed by atoms with Gasteiger partial charge in [0.2, 0.25) is 0 Å². The number of hydrogen-bond acceptors (Lipinski definition) is 6. The van der Waals surface area contributed by atoms with Gasteiger partial charge in [0.15, 0.2) is 0 Å². The minimum atomic E-state index is -4.55. The molecule has 8 nitrogen and oxygen atoms in total. The number of ether oxygens (including phenoxy) is 1. The van der Waals surface area contributed by atoms with Crippen molar-refractivity contribution in [1.82, 2.24) is 29.9 Å². The third-order valence-electron chi connectivity index (χ3n) is 4.37. The van der Waals surface area contributed by atoms with Gasteiger partial charge in [-0.05, 0) is 26.0 Å². The lowest BCUT2D eigenvalue weighted by molar-refractivity contribution is -0.138. The fraction of sp³-hybridized carbons (Fsp3) is 0.316. The predicted octanol–water partition coefficient (Wildman–Crippen LogP) is 3.14. The molecule has 1 amide bonds. The molecule has 2 heterocycles. The van der Waals surface area contributed by atoms with Crippen LogP contribution in [0, 0.1) is 5.82 Å². The van der Waals surface area contributed by atoms with E-state index in [0.29, 0.717) is 18.9 Å². The van der Waals surface area contributed by atoms with Gasteiger partial charge < -0.3 is 9.64 Å². The van der Waals surface area contributed by atoms with Crippen LogP contribution in [0.5, 0.6) is 6.01 Å². The van der Waals surface area contributed by atoms with Crippen molar-refractivity contribution in [3.8, 4) is 11.7 Å². The van der Waals surface area contributed by atoms with E-state index < -0.39 is 29.5 Å². The highest BCUT2D eigenvalue weighted by molar-refractivity contribution is 5.97. The summed E-state index contributed by atoms with van der Waals surface area (Å²) in [4.78, 5) is 22.8. The highest BCUT2D eigenvalue weighted by atomic mass is 19.4. The molecular weight excluding hydrogens is 420 g/mol. The first kappa shape index (κ1) is 22.1. The Hall–Kier alpha value is -3.57. The summed E-state index contributed by atoms with van der Waals surface area (Å²) in [5.41, 5.74) is -0.640. The lowest BCUT2D eigenvalue weighted by atomic mass is 10.1. The second-order valence-corrected chi connectivity index (χ2v) is 6.48. The standard InChI is InChI=1S/C19H18F4N6O2/c1-3-28(12(2)11-31-18-24-9-13(10-25-18)19(21,22)23)17(30)15-5-4-14(20)8-16(15)29-26-6-7-27-29/h4-10,12H,3,11H2,1-2H3. The number of amides is 1. The van der Waals surface area contributed by atoms with Gasteiger partial charge in [0.1, 0.15) is 18.1 Å². The number of hydrogen-bond donors (Lipinski definition) is 0. The van der Waals surface area contributed by atoms with Gasteiger partial charge in [0.25, 0.3) is 5.91 Å². The van der Waals surface area contributed by atoms with Crippen LogP contribution < -0.4 is 4.74 Å². The summed E-state index contributed by atoms with van der Waals surface area (Å²) in [7, 11) is 0. The molecule has 0 N–H and O–H groups in total. The Balaban J connectivity index is 1.74. The van der Waals surface area contributed by atoms with Gasteiger partial charge in [0, 0.05) is 25.0 Å². The SMILES string of the molecule is CCN(C(=O)c1ccc(F)cc1-n1nccn1)C(C)COc1ncc(C(F)(F)F)cn1. The Labute approximate surface area is 174 Å². The van der Waals surface area contributed by atoms with E-state index in [2.05, 4.69) is 20.2 Å². The maximum atomic E-state index is 13.8. The molecule has 0 aliphatic rings. The number of alkyl halides is 3. The Morgan fingerprint density at radius 2 is 1.84 bits per heavy atom. The molecule has 0 fully saturated rings. The average Bonchev–Trinajstić information content (AvgIpc) is 3.27. The second kappa shape index (κ2) is 9.06. The Bertz CT molecular complexity index is 1020. The van der Waals surface area contributed by atoms with Gasteiger partial charge in [-0.3, -0.25) is 4.79 Å². The molecule has 31 heavy (non-hydrogen) atoms. The molecule has 1 aromatic carbocycles. The lowest BCUT2D eigenvalue weighted by Gasteiger charge is -2.28. The first-order chi connectivity index (χ1) is 14.7. The van der Waals surface area contributed by atoms with E-state index in [9.17, 15) is 22.4 Å². The summed E-state index contributed by atoms with van der Waals surface area (Å²) in [6.45, 7) is 3.67. The van der Waals surface area contributed by atoms with Crippen molar-refractivity contribution in [1.29, 1.82) is 0 Å². The van der Waals surface area contributed by atoms with Crippen LogP contribution in [0.2, 0.25) is 0 Å². The summed E-state index contributed by atoms with van der Waals surface area (Å²) >= 11 is 0. The van der Waals surface area contributed by atoms with Gasteiger partial charge in [-0.1, -0.05) is 0 Å². The monoisotopic (exact) mass is 438 g/mol. The highest BCUT2D eigenvalue weighted by Crippen LogP contribution is 2.28. The van der Waals surface area contributed by atoms with Crippen molar-refractivity contribution in [2.45, 2.75) is 26.1 Å². The number of carbonyl (C=O) groups is 1. The van der Waals surface area contributed by atoms with Crippen molar-refractivity contribution < 1.29 is 27.1 Å². The molecular formula is C19H18F4N6O2. The average molecular weight is 438 g/mol. The molecule has 1 atom stereocenters. The van der Waals surface area contributed by atoms with Crippen LogP contribution in [0.3, 0.4) is 0 Å². The molecule has 0 saturated carbocycles. The third kappa shape index (κ3) is 5.13. The van der Waals surface area contributed by atoms with Crippen molar-refractivity contribution in [3.63, 3.8) is 0 Å². The van der Waals surface area contributed by atoms with E-state index in [0.717, 1.165) is 16.9 Å². The van der Waals surface area contributed by atoms with Crippen LogP contribution in [0.25, 0.3) is 5.69 Å². The van der Waals surface area contributed by atoms with Gasteiger partial charge in [-0.15, -0.1) is 0 Å². The van der Waals surface area contributed by atoms with Gasteiger partial charge in [0.05, 0.1) is 29.6 Å². The fourth-order valence-corrected chi connectivity index (χ4v) is 2.82. The molecule has 1 unspecified atom stereocenters. The number of likely N-dealkylation sites (N-methyl/N-ethyl adjacent to an activating group) is 1. The Morgan fingerprint density at radius 3 is 2.42 bits per heavy atom. The molecule has 164 valence electrons. The lowest BCUT2D eigenvalue weighted by Crippen LogP contribution is -2.42. The number of halogens is 4. The molecule has 0 radical (unpaired) electrons. The zero-order valence-corrected chi connectivity index (χ0v) is 16.5. The van der Waals surface area contributed by atoms with Crippen LogP contribution >= 0.6 is 0 Å². The van der Waals surface area contributed by atoms with Gasteiger partial charge in [-0.2, -0.15) is 28.2 Å². The maximum absolute atomic E-state index is 13.8. The molecule has 0 bridgehead atoms. The van der Waals surface area contributed by atoms with Crippen LogP contribution in [-0.4, -0.2) is 55.0 Å². The molecule has 0 aliphatic carbocycles. The molecule has 3 rings (SSSR count). The van der Waals surface area contributed by atoms with Crippen molar-refractivity contribution in [3.05, 3.63) is 59.9 Å². The Kier molecular flexibility index (Phi) is 6.47. The van der Waals surface area contributed by atoms with Crippen LogP contribution in [0.15, 0.2) is 43.0 Å². The number of carbonyl (C=O) groups excluding carboxylic acids is 1. The van der Waals surface area contributed by atoms with Crippen molar-refractivity contribution in [2.24, 2.45) is 0 Å². The topological polar surface area (TPSA) is 86.0 Å². The van der Waals surface area contributed by atoms with Crippen LogP contribution in [0.1, 0.15) is 29.8 Å². The summed E-state index contributed by atoms with van der Waals surface area (Å²) < 4.78 is 56.9. The van der Waals surface area contributed by atoms with Crippen molar-refractivity contribution >= 4 is 5.91 Å². The molecule has 12 heteroatoms. The van der Waals surface area contributed by atoms with E-state index in [1.165, 1.54) is 23.4 Å². The molecule has 0 aliphatic heterocycles. The largest absolute Gasteiger partial charge is 0.461 e. The maximum Gasteiger partial charge on any atom is 0.419 e. The summed E-state index contributed by atoms with van der Waals surface area (Å²) in [5, 5.41) is 7.90. The van der Waals surface area contributed by atoms with Crippen molar-refractivity contribution in [2.75, 3.05) is 13.2 Å². The van der Waals surface area contributed by atoms with E-state index in [1.807, 2.05) is 0 Å². The van der Waals surface area contributed by atoms with E-state index >= 15 is 0 Å². The number of nitrogens with zero attached hydrogens (tertiary/aromatic N) is 6. The highest BCUT2D eigenvalue weighted by Gasteiger charge is 2.31. The zero-order valence-electron chi connectivity index (χ0n) is 16.5. The molecule has 2 aromatic heterocycles. The molecule has 0 saturated heterocycles. The van der Waals surface area contributed by atoms with Gasteiger partial charge >= 0.3 is 12.2 Å². The number of aromatic nitrogens is 5. The number of benzene rings is 1.